The van der Waals surface area contributed by atoms with Gasteiger partial charge < -0.3 is 10.2 Å². The van der Waals surface area contributed by atoms with Crippen LogP contribution in [0.1, 0.15) is 54.4 Å². The van der Waals surface area contributed by atoms with Crippen molar-refractivity contribution in [1.82, 2.24) is 15.3 Å². The summed E-state index contributed by atoms with van der Waals surface area (Å²) in [6, 6.07) is 10.2. The van der Waals surface area contributed by atoms with Gasteiger partial charge in [-0.2, -0.15) is 0 Å². The minimum Gasteiger partial charge on any atom is -0.363 e. The Hall–Kier alpha value is -2.43. The predicted octanol–water partition coefficient (Wildman–Crippen LogP) is 3.15. The van der Waals surface area contributed by atoms with Crippen molar-refractivity contribution in [2.45, 2.75) is 45.1 Å². The van der Waals surface area contributed by atoms with Gasteiger partial charge in [0.1, 0.15) is 11.6 Å². The Labute approximate surface area is 149 Å². The number of nitrogens with one attached hydrogen (secondary N) is 1. The fourth-order valence-corrected chi connectivity index (χ4v) is 2.95. The third-order valence-electron chi connectivity index (χ3n) is 4.42. The molecule has 0 spiro atoms. The van der Waals surface area contributed by atoms with Gasteiger partial charge in [0.2, 0.25) is 5.91 Å². The van der Waals surface area contributed by atoms with E-state index in [1.54, 1.807) is 6.92 Å². The van der Waals surface area contributed by atoms with Crippen LogP contribution >= 0.6 is 0 Å². The molecule has 1 aromatic carbocycles. The fourth-order valence-electron chi connectivity index (χ4n) is 2.95. The predicted molar refractivity (Wildman–Crippen MR) is 99.8 cm³/mol. The quantitative estimate of drug-likeness (QED) is 0.879. The Morgan fingerprint density at radius 2 is 2.04 bits per heavy atom. The highest BCUT2D eigenvalue weighted by Gasteiger charge is 2.28. The minimum atomic E-state index is -0.0886. The van der Waals surface area contributed by atoms with E-state index in [1.165, 1.54) is 18.4 Å². The highest BCUT2D eigenvalue weighted by molar-refractivity contribution is 5.73. The van der Waals surface area contributed by atoms with Gasteiger partial charge in [0.05, 0.1) is 6.04 Å². The molecule has 1 atom stereocenters. The molecule has 132 valence electrons. The van der Waals surface area contributed by atoms with Crippen LogP contribution in [-0.2, 0) is 11.2 Å². The molecule has 0 aliphatic heterocycles. The molecular formula is C20H26N4O. The van der Waals surface area contributed by atoms with E-state index in [0.29, 0.717) is 12.3 Å². The number of carbonyl (C=O) groups excluding carboxylic acids is 1. The second kappa shape index (κ2) is 7.21. The summed E-state index contributed by atoms with van der Waals surface area (Å²) in [5, 5.41) is 3.07. The second-order valence-electron chi connectivity index (χ2n) is 7.12. The van der Waals surface area contributed by atoms with Crippen LogP contribution in [0.25, 0.3) is 0 Å². The average Bonchev–Trinajstić information content (AvgIpc) is 3.38. The van der Waals surface area contributed by atoms with Gasteiger partial charge >= 0.3 is 0 Å². The molecule has 1 aromatic heterocycles. The molecule has 1 aliphatic carbocycles. The number of nitrogens with zero attached hydrogens (tertiary/aromatic N) is 3. The largest absolute Gasteiger partial charge is 0.363 e. The highest BCUT2D eigenvalue weighted by Crippen LogP contribution is 2.38. The van der Waals surface area contributed by atoms with Crippen LogP contribution in [0.5, 0.6) is 0 Å². The average molecular weight is 338 g/mol. The Bertz CT molecular complexity index is 748. The fraction of sp³-hybridized carbons (Fsp3) is 0.450. The van der Waals surface area contributed by atoms with Crippen molar-refractivity contribution in [3.8, 4) is 0 Å². The van der Waals surface area contributed by atoms with Gasteiger partial charge in [0.25, 0.3) is 0 Å². The molecule has 0 saturated heterocycles. The minimum absolute atomic E-state index is 0.0317. The summed E-state index contributed by atoms with van der Waals surface area (Å²) in [5.74, 6) is 2.33. The van der Waals surface area contributed by atoms with Gasteiger partial charge in [-0.05, 0) is 25.3 Å². The van der Waals surface area contributed by atoms with Crippen molar-refractivity contribution in [1.29, 1.82) is 0 Å². The number of hydrogen-bond acceptors (Lipinski definition) is 4. The highest BCUT2D eigenvalue weighted by atomic mass is 16.1. The number of aryl methyl sites for hydroxylation is 1. The summed E-state index contributed by atoms with van der Waals surface area (Å²) in [4.78, 5) is 23.2. The van der Waals surface area contributed by atoms with E-state index in [2.05, 4.69) is 35.4 Å². The third kappa shape index (κ3) is 4.56. The van der Waals surface area contributed by atoms with Crippen LogP contribution in [0.4, 0.5) is 5.82 Å². The van der Waals surface area contributed by atoms with E-state index < -0.39 is 0 Å². The van der Waals surface area contributed by atoms with Crippen LogP contribution in [0.3, 0.4) is 0 Å². The molecule has 0 bridgehead atoms. The first-order valence-electron chi connectivity index (χ1n) is 8.81. The van der Waals surface area contributed by atoms with Gasteiger partial charge in [0, 0.05) is 45.1 Å². The molecule has 1 aliphatic rings. The molecule has 1 unspecified atom stereocenters. The van der Waals surface area contributed by atoms with E-state index >= 15 is 0 Å². The SMILES string of the molecule is CC(=O)NC(Cc1cc(N(C)C)nc(C2CC2)n1)c1cccc(C)c1. The summed E-state index contributed by atoms with van der Waals surface area (Å²) >= 11 is 0. The van der Waals surface area contributed by atoms with E-state index in [0.717, 1.165) is 22.9 Å². The van der Waals surface area contributed by atoms with Crippen molar-refractivity contribution in [2.75, 3.05) is 19.0 Å². The van der Waals surface area contributed by atoms with Crippen LogP contribution in [0.15, 0.2) is 30.3 Å². The standard InChI is InChI=1S/C20H26N4O/c1-13-6-5-7-16(10-13)18(21-14(2)25)11-17-12-19(24(3)4)23-20(22-17)15-8-9-15/h5-7,10,12,15,18H,8-9,11H2,1-4H3,(H,21,25). The molecule has 3 rings (SSSR count). The molecule has 5 heteroatoms. The molecular weight excluding hydrogens is 312 g/mol. The van der Waals surface area contributed by atoms with Crippen LogP contribution in [-0.4, -0.2) is 30.0 Å². The zero-order valence-corrected chi connectivity index (χ0v) is 15.4. The molecule has 1 heterocycles. The van der Waals surface area contributed by atoms with E-state index in [4.69, 9.17) is 4.98 Å². The maximum absolute atomic E-state index is 11.7. The molecule has 0 radical (unpaired) electrons. The summed E-state index contributed by atoms with van der Waals surface area (Å²) in [6.45, 7) is 3.62. The smallest absolute Gasteiger partial charge is 0.217 e. The van der Waals surface area contributed by atoms with Gasteiger partial charge in [-0.3, -0.25) is 4.79 Å². The monoisotopic (exact) mass is 338 g/mol. The zero-order valence-electron chi connectivity index (χ0n) is 15.4. The number of anilines is 1. The van der Waals surface area contributed by atoms with Gasteiger partial charge in [-0.25, -0.2) is 9.97 Å². The van der Waals surface area contributed by atoms with E-state index in [-0.39, 0.29) is 11.9 Å². The number of rotatable bonds is 6. The van der Waals surface area contributed by atoms with Crippen molar-refractivity contribution in [2.24, 2.45) is 0 Å². The van der Waals surface area contributed by atoms with Gasteiger partial charge in [0.15, 0.2) is 0 Å². The van der Waals surface area contributed by atoms with Crippen molar-refractivity contribution in [3.63, 3.8) is 0 Å². The lowest BCUT2D eigenvalue weighted by Crippen LogP contribution is -2.28. The second-order valence-corrected chi connectivity index (χ2v) is 7.12. The Balaban J connectivity index is 1.91. The maximum atomic E-state index is 11.7. The Morgan fingerprint density at radius 1 is 1.28 bits per heavy atom. The van der Waals surface area contributed by atoms with Crippen LogP contribution in [0.2, 0.25) is 0 Å². The molecule has 1 amide bonds. The molecule has 5 nitrogen and oxygen atoms in total. The van der Waals surface area contributed by atoms with Gasteiger partial charge in [-0.15, -0.1) is 0 Å². The van der Waals surface area contributed by atoms with Crippen molar-refractivity contribution >= 4 is 11.7 Å². The lowest BCUT2D eigenvalue weighted by Gasteiger charge is -2.20. The first-order chi connectivity index (χ1) is 11.9. The third-order valence-corrected chi connectivity index (χ3v) is 4.42. The van der Waals surface area contributed by atoms with E-state index in [1.807, 2.05) is 31.1 Å². The molecule has 1 N–H and O–H groups in total. The first-order valence-corrected chi connectivity index (χ1v) is 8.81. The number of amides is 1. The molecule has 2 aromatic rings. The number of benzene rings is 1. The van der Waals surface area contributed by atoms with Crippen LogP contribution in [0, 0.1) is 6.92 Å². The Kier molecular flexibility index (Phi) is 5.02. The van der Waals surface area contributed by atoms with Crippen molar-refractivity contribution < 1.29 is 4.79 Å². The Morgan fingerprint density at radius 3 is 2.64 bits per heavy atom. The summed E-state index contributed by atoms with van der Waals surface area (Å²) in [7, 11) is 3.99. The zero-order chi connectivity index (χ0) is 18.0. The number of hydrogen-bond donors (Lipinski definition) is 1. The summed E-state index contributed by atoms with van der Waals surface area (Å²) in [6.07, 6.45) is 3.00. The van der Waals surface area contributed by atoms with Crippen molar-refractivity contribution in [3.05, 3.63) is 53.0 Å². The molecule has 1 fully saturated rings. The van der Waals surface area contributed by atoms with E-state index in [9.17, 15) is 4.79 Å². The lowest BCUT2D eigenvalue weighted by atomic mass is 9.99. The number of carbonyl (C=O) groups is 1. The van der Waals surface area contributed by atoms with Crippen LogP contribution < -0.4 is 10.2 Å². The maximum Gasteiger partial charge on any atom is 0.217 e. The summed E-state index contributed by atoms with van der Waals surface area (Å²) in [5.41, 5.74) is 3.26. The normalized spacial score (nSPS) is 14.9. The van der Waals surface area contributed by atoms with Gasteiger partial charge in [-0.1, -0.05) is 29.8 Å². The number of aromatic nitrogens is 2. The lowest BCUT2D eigenvalue weighted by molar-refractivity contribution is -0.119. The first kappa shape index (κ1) is 17.4. The topological polar surface area (TPSA) is 58.1 Å². The summed E-state index contributed by atoms with van der Waals surface area (Å²) < 4.78 is 0. The molecule has 1 saturated carbocycles. The molecule has 25 heavy (non-hydrogen) atoms.